The summed E-state index contributed by atoms with van der Waals surface area (Å²) in [5.41, 5.74) is 2.36. The lowest BCUT2D eigenvalue weighted by molar-refractivity contribution is -0.138. The normalized spacial score (nSPS) is 17.0. The van der Waals surface area contributed by atoms with Crippen molar-refractivity contribution >= 4 is 17.4 Å². The first-order chi connectivity index (χ1) is 14.7. The van der Waals surface area contributed by atoms with Gasteiger partial charge in [0.2, 0.25) is 0 Å². The highest BCUT2D eigenvalue weighted by atomic mass is 16.5. The van der Waals surface area contributed by atoms with E-state index in [4.69, 9.17) is 9.47 Å². The Morgan fingerprint density at radius 2 is 1.43 bits per heavy atom. The molecule has 6 heteroatoms. The molecular formula is C24H26N2O4. The Labute approximate surface area is 176 Å². The molecule has 0 aromatic heterocycles. The molecule has 0 unspecified atom stereocenters. The second-order valence-electron chi connectivity index (χ2n) is 7.48. The van der Waals surface area contributed by atoms with Crippen molar-refractivity contribution in [1.82, 2.24) is 9.80 Å². The predicted molar refractivity (Wildman–Crippen MR) is 114 cm³/mol. The molecule has 0 aliphatic carbocycles. The zero-order chi connectivity index (χ0) is 21.1. The number of carbonyl (C=O) groups excluding carboxylic acids is 2. The van der Waals surface area contributed by atoms with Crippen molar-refractivity contribution in [2.75, 3.05) is 27.3 Å². The molecule has 0 N–H and O–H groups in total. The zero-order valence-electron chi connectivity index (χ0n) is 17.4. The minimum Gasteiger partial charge on any atom is -0.496 e. The number of piperidine rings is 1. The molecule has 2 amide bonds. The van der Waals surface area contributed by atoms with Crippen molar-refractivity contribution in [2.45, 2.75) is 25.8 Å². The van der Waals surface area contributed by atoms with Crippen LogP contribution in [0.5, 0.6) is 11.5 Å². The second-order valence-corrected chi connectivity index (χ2v) is 7.48. The maximum atomic E-state index is 13.6. The summed E-state index contributed by atoms with van der Waals surface area (Å²) in [6, 6.07) is 14.8. The number of methoxy groups -OCH3 is 2. The quantitative estimate of drug-likeness (QED) is 0.688. The highest BCUT2D eigenvalue weighted by Crippen LogP contribution is 2.38. The lowest BCUT2D eigenvalue weighted by atomic mass is 10.0. The summed E-state index contributed by atoms with van der Waals surface area (Å²) in [7, 11) is 3.16. The van der Waals surface area contributed by atoms with E-state index in [9.17, 15) is 9.59 Å². The molecule has 0 spiro atoms. The molecule has 1 fully saturated rings. The molecule has 0 radical (unpaired) electrons. The van der Waals surface area contributed by atoms with E-state index in [1.807, 2.05) is 48.5 Å². The molecule has 4 rings (SSSR count). The Bertz CT molecular complexity index is 992. The second kappa shape index (κ2) is 8.61. The standard InChI is InChI=1S/C24H26N2O4/c1-29-19-12-6-4-10-17(19)16-26-23(27)21(18-11-5-7-13-20(18)30-2)22(24(26)28)25-14-8-3-9-15-25/h4-7,10-13H,3,8-9,14-16H2,1-2H3. The number of amides is 2. The Balaban J connectivity index is 1.78. The predicted octanol–water partition coefficient (Wildman–Crippen LogP) is 3.47. The van der Waals surface area contributed by atoms with E-state index < -0.39 is 0 Å². The fourth-order valence-corrected chi connectivity index (χ4v) is 4.22. The van der Waals surface area contributed by atoms with Crippen molar-refractivity contribution in [3.05, 3.63) is 65.4 Å². The average Bonchev–Trinajstić information content (AvgIpc) is 3.04. The molecule has 30 heavy (non-hydrogen) atoms. The lowest BCUT2D eigenvalue weighted by Crippen LogP contribution is -2.37. The fraction of sp³-hybridized carbons (Fsp3) is 0.333. The number of carbonyl (C=O) groups is 2. The van der Waals surface area contributed by atoms with Crippen molar-refractivity contribution in [1.29, 1.82) is 0 Å². The van der Waals surface area contributed by atoms with E-state index >= 15 is 0 Å². The molecule has 2 aliphatic heterocycles. The van der Waals surface area contributed by atoms with E-state index in [2.05, 4.69) is 4.90 Å². The maximum Gasteiger partial charge on any atom is 0.278 e. The van der Waals surface area contributed by atoms with Gasteiger partial charge in [0.05, 0.1) is 26.3 Å². The summed E-state index contributed by atoms with van der Waals surface area (Å²) in [4.78, 5) is 30.5. The van der Waals surface area contributed by atoms with Gasteiger partial charge in [0.25, 0.3) is 11.8 Å². The van der Waals surface area contributed by atoms with E-state index in [0.29, 0.717) is 28.3 Å². The average molecular weight is 406 g/mol. The third-order valence-corrected chi connectivity index (χ3v) is 5.71. The molecule has 2 aromatic rings. The number of rotatable bonds is 6. The van der Waals surface area contributed by atoms with Crippen molar-refractivity contribution < 1.29 is 19.1 Å². The maximum absolute atomic E-state index is 13.6. The highest BCUT2D eigenvalue weighted by Gasteiger charge is 2.42. The van der Waals surface area contributed by atoms with Crippen LogP contribution in [0.15, 0.2) is 54.2 Å². The molecule has 0 bridgehead atoms. The summed E-state index contributed by atoms with van der Waals surface area (Å²) in [5.74, 6) is 0.690. The molecular weight excluding hydrogens is 380 g/mol. The number of benzene rings is 2. The lowest BCUT2D eigenvalue weighted by Gasteiger charge is -2.29. The van der Waals surface area contributed by atoms with E-state index in [1.165, 1.54) is 4.90 Å². The Morgan fingerprint density at radius 3 is 2.13 bits per heavy atom. The van der Waals surface area contributed by atoms with Crippen LogP contribution in [0, 0.1) is 0 Å². The first-order valence-corrected chi connectivity index (χ1v) is 10.3. The summed E-state index contributed by atoms with van der Waals surface area (Å²) < 4.78 is 10.9. The zero-order valence-corrected chi connectivity index (χ0v) is 17.4. The summed E-state index contributed by atoms with van der Waals surface area (Å²) >= 11 is 0. The van der Waals surface area contributed by atoms with Crippen LogP contribution in [0.2, 0.25) is 0 Å². The number of likely N-dealkylation sites (tertiary alicyclic amines) is 1. The van der Waals surface area contributed by atoms with Crippen molar-refractivity contribution in [2.24, 2.45) is 0 Å². The van der Waals surface area contributed by atoms with Crippen LogP contribution >= 0.6 is 0 Å². The van der Waals surface area contributed by atoms with Crippen LogP contribution in [0.25, 0.3) is 5.57 Å². The first kappa shape index (κ1) is 20.0. The number of para-hydroxylation sites is 2. The summed E-state index contributed by atoms with van der Waals surface area (Å²) in [6.07, 6.45) is 3.16. The number of hydrogen-bond donors (Lipinski definition) is 0. The van der Waals surface area contributed by atoms with Gasteiger partial charge in [-0.1, -0.05) is 36.4 Å². The van der Waals surface area contributed by atoms with Gasteiger partial charge >= 0.3 is 0 Å². The Hall–Kier alpha value is -3.28. The van der Waals surface area contributed by atoms with Gasteiger partial charge in [-0.25, -0.2) is 0 Å². The van der Waals surface area contributed by atoms with Crippen molar-refractivity contribution in [3.8, 4) is 11.5 Å². The Morgan fingerprint density at radius 1 is 0.800 bits per heavy atom. The minimum absolute atomic E-state index is 0.164. The smallest absolute Gasteiger partial charge is 0.278 e. The molecule has 0 saturated carbocycles. The molecule has 2 heterocycles. The van der Waals surface area contributed by atoms with Gasteiger partial charge in [-0.15, -0.1) is 0 Å². The molecule has 6 nitrogen and oxygen atoms in total. The first-order valence-electron chi connectivity index (χ1n) is 10.3. The van der Waals surface area contributed by atoms with Crippen LogP contribution in [0.4, 0.5) is 0 Å². The summed E-state index contributed by atoms with van der Waals surface area (Å²) in [6.45, 7) is 1.71. The van der Waals surface area contributed by atoms with Crippen molar-refractivity contribution in [3.63, 3.8) is 0 Å². The molecule has 1 saturated heterocycles. The highest BCUT2D eigenvalue weighted by molar-refractivity contribution is 6.35. The van der Waals surface area contributed by atoms with Crippen LogP contribution in [0.3, 0.4) is 0 Å². The van der Waals surface area contributed by atoms with E-state index in [-0.39, 0.29) is 18.4 Å². The molecule has 0 atom stereocenters. The minimum atomic E-state index is -0.295. The number of ether oxygens (including phenoxy) is 2. The molecule has 2 aromatic carbocycles. The SMILES string of the molecule is COc1ccccc1CN1C(=O)C(c2ccccc2OC)=C(N2CCCCC2)C1=O. The number of hydrogen-bond acceptors (Lipinski definition) is 5. The van der Waals surface area contributed by atoms with Gasteiger partial charge in [-0.2, -0.15) is 0 Å². The number of nitrogens with zero attached hydrogens (tertiary/aromatic N) is 2. The Kier molecular flexibility index (Phi) is 5.74. The van der Waals surface area contributed by atoms with Crippen LogP contribution < -0.4 is 9.47 Å². The van der Waals surface area contributed by atoms with E-state index in [1.54, 1.807) is 14.2 Å². The fourth-order valence-electron chi connectivity index (χ4n) is 4.22. The van der Waals surface area contributed by atoms with Crippen LogP contribution in [0.1, 0.15) is 30.4 Å². The molecule has 2 aliphatic rings. The van der Waals surface area contributed by atoms with Gasteiger partial charge in [-0.3, -0.25) is 14.5 Å². The van der Waals surface area contributed by atoms with E-state index in [0.717, 1.165) is 37.9 Å². The van der Waals surface area contributed by atoms with Gasteiger partial charge in [0.1, 0.15) is 17.2 Å². The topological polar surface area (TPSA) is 59.1 Å². The largest absolute Gasteiger partial charge is 0.496 e. The van der Waals surface area contributed by atoms with Gasteiger partial charge in [0.15, 0.2) is 0 Å². The third kappa shape index (κ3) is 3.54. The summed E-state index contributed by atoms with van der Waals surface area (Å²) in [5, 5.41) is 0. The third-order valence-electron chi connectivity index (χ3n) is 5.71. The molecule has 156 valence electrons. The monoisotopic (exact) mass is 406 g/mol. The van der Waals surface area contributed by atoms with Gasteiger partial charge in [-0.05, 0) is 31.4 Å². The van der Waals surface area contributed by atoms with Gasteiger partial charge in [0, 0.05) is 24.2 Å². The van der Waals surface area contributed by atoms with Crippen LogP contribution in [-0.2, 0) is 16.1 Å². The van der Waals surface area contributed by atoms with Crippen LogP contribution in [-0.4, -0.2) is 48.9 Å². The number of imide groups is 1. The van der Waals surface area contributed by atoms with Gasteiger partial charge < -0.3 is 14.4 Å².